The number of aromatic hydroxyl groups is 2. The van der Waals surface area contributed by atoms with Crippen molar-refractivity contribution < 1.29 is 59.3 Å². The highest BCUT2D eigenvalue weighted by Crippen LogP contribution is 2.46. The molecule has 0 spiro atoms. The van der Waals surface area contributed by atoms with Gasteiger partial charge in [0, 0.05) is 184 Å². The second-order valence-electron chi connectivity index (χ2n) is 34.2. The highest BCUT2D eigenvalue weighted by atomic mass is 32.1. The van der Waals surface area contributed by atoms with Crippen molar-refractivity contribution >= 4 is 131 Å². The summed E-state index contributed by atoms with van der Waals surface area (Å²) in [6, 6.07) is 23.5. The molecule has 2 fully saturated rings. The van der Waals surface area contributed by atoms with Crippen LogP contribution in [0.1, 0.15) is 135 Å². The van der Waals surface area contributed by atoms with Crippen molar-refractivity contribution in [1.29, 1.82) is 0 Å². The van der Waals surface area contributed by atoms with Gasteiger partial charge in [-0.3, -0.25) is 46.0 Å². The molecule has 0 aliphatic carbocycles. The number of aromatic nitrogens is 13. The third-order valence-corrected chi connectivity index (χ3v) is 25.4. The van der Waals surface area contributed by atoms with Crippen molar-refractivity contribution in [1.82, 2.24) is 101 Å². The number of hydrogen-bond donors (Lipinski definition) is 14. The summed E-state index contributed by atoms with van der Waals surface area (Å²) in [4.78, 5) is 113. The minimum Gasteiger partial charge on any atom is -0.507 e. The number of carbonyl (C=O) groups is 4. The Morgan fingerprint density at radius 3 is 1.25 bits per heavy atom. The lowest BCUT2D eigenvalue weighted by Crippen LogP contribution is -2.35. The van der Waals surface area contributed by atoms with Crippen LogP contribution in [-0.2, 0) is 51.5 Å². The molecule has 134 heavy (non-hydrogen) atoms. The molecule has 0 unspecified atom stereocenters. The number of urea groups is 4. The average Bonchev–Trinajstić information content (AvgIpc) is 1.56. The summed E-state index contributed by atoms with van der Waals surface area (Å²) in [5.74, 6) is 1.01. The molecule has 10 aromatic heterocycles. The van der Waals surface area contributed by atoms with Crippen LogP contribution in [0.4, 0.5) is 39.7 Å². The van der Waals surface area contributed by atoms with Crippen molar-refractivity contribution in [2.24, 2.45) is 0 Å². The topological polar surface area (TPSA) is 482 Å². The predicted molar refractivity (Wildman–Crippen MR) is 525 cm³/mol. The standard InChI is InChI=1S/C28H33N7O3S.C23H29N5O4S.C22H23N7O2S.C21H27N5O3S/c1-5-29-26(36)34-27-33-23-12-18(19-13-31-25(32-14-19)28(2,3)37)11-21(24(23)39-27)22-10-17(6-8-30-22)15-35-9-7-20(16-35)38-4;1-4-24-21(30)27-22-26-17-11-15(14-5-6-18(25-12-14)23(2,3)31)19(29)16(20(17)33-22)13-28-7-9-32-10-8-28;1-5-23-20(30)29-21-28-17-8-13(14-9-24-19(25-10-14)22(3,4)31)7-15(18(17)32-21)16-6-12(2)26-11-27-16;1-6-22-19(28)25-20-24-15-9-13(12-7-8-16(23-10-12)21(2,3)29)17(27)14(11-26(4)5)18(15)30-20/h6,8,10-14,20,37H,5,7,9,15-16H2,1-4H3,(H2,29,33,34,36);5-6,11-12,29,31H,4,7-10,13H2,1-3H3,(H2,24,26,27,30);6-11,31H,5H2,1-4H3,(H2,23,28,29,30);7-10,27,29H,6,11H2,1-5H3,(H2,22,24,25,28)/t20-;;;/m1.../s1. The number of morpholine rings is 1. The summed E-state index contributed by atoms with van der Waals surface area (Å²) in [5.41, 5.74) is 12.3. The van der Waals surface area contributed by atoms with Gasteiger partial charge in [-0.15, -0.1) is 0 Å². The maximum Gasteiger partial charge on any atom is 0.321 e. The van der Waals surface area contributed by atoms with Crippen LogP contribution in [0.5, 0.6) is 11.5 Å². The van der Waals surface area contributed by atoms with Gasteiger partial charge in [-0.05, 0) is 194 Å². The van der Waals surface area contributed by atoms with E-state index in [9.17, 15) is 49.8 Å². The van der Waals surface area contributed by atoms with Gasteiger partial charge in [0.25, 0.3) is 0 Å². The molecule has 16 rings (SSSR count). The minimum absolute atomic E-state index is 0.155. The second-order valence-corrected chi connectivity index (χ2v) is 38.2. The average molecular weight is 1900 g/mol. The Balaban J connectivity index is 0.000000152. The Labute approximate surface area is 791 Å². The summed E-state index contributed by atoms with van der Waals surface area (Å²) < 4.78 is 14.5. The lowest BCUT2D eigenvalue weighted by Gasteiger charge is -2.27. The monoisotopic (exact) mass is 1900 g/mol. The van der Waals surface area contributed by atoms with E-state index in [4.69, 9.17) is 19.4 Å². The van der Waals surface area contributed by atoms with Crippen LogP contribution >= 0.6 is 45.3 Å². The number of benzene rings is 4. The van der Waals surface area contributed by atoms with Crippen molar-refractivity contribution in [3.63, 3.8) is 0 Å². The highest BCUT2D eigenvalue weighted by Gasteiger charge is 2.30. The first-order chi connectivity index (χ1) is 63.8. The number of aryl methyl sites for hydroxylation is 1. The van der Waals surface area contributed by atoms with E-state index in [1.807, 2.05) is 108 Å². The van der Waals surface area contributed by atoms with Gasteiger partial charge in [0.2, 0.25) is 0 Å². The number of nitrogens with zero attached hydrogens (tertiary/aromatic N) is 16. The number of thiazole rings is 4. The number of pyridine rings is 3. The molecule has 1 atom stereocenters. The van der Waals surface area contributed by atoms with Crippen LogP contribution in [0.2, 0.25) is 0 Å². The van der Waals surface area contributed by atoms with Crippen molar-refractivity contribution in [3.05, 3.63) is 174 Å². The molecule has 2 saturated heterocycles. The van der Waals surface area contributed by atoms with E-state index in [1.54, 1.807) is 118 Å². The molecule has 36 nitrogen and oxygen atoms in total. The number of carbonyl (C=O) groups excluding carboxylic acids is 4. The zero-order valence-corrected chi connectivity index (χ0v) is 80.8. The number of ether oxygens (including phenoxy) is 2. The largest absolute Gasteiger partial charge is 0.507 e. The number of phenols is 2. The molecule has 0 bridgehead atoms. The van der Waals surface area contributed by atoms with E-state index < -0.39 is 22.4 Å². The van der Waals surface area contributed by atoms with Gasteiger partial charge in [0.1, 0.15) is 40.2 Å². The SMILES string of the molecule is CCNC(=O)Nc1nc2cc(-c3ccc(C(C)(C)O)nc3)c(O)c(CN(C)C)c2s1.CCNC(=O)Nc1nc2cc(-c3ccc(C(C)(C)O)nc3)c(O)c(CN3CCOCC3)c2s1.CCNC(=O)Nc1nc2cc(-c3cnc(C(C)(C)O)nc3)cc(-c3cc(C)ncn3)c2s1.CCNC(=O)Nc1nc2cc(-c3cnc(C(C)(C)O)nc3)cc(-c3cc(CN4CC[C@@H](OC)C4)ccn3)c2s1. The zero-order chi connectivity index (χ0) is 96.1. The minimum atomic E-state index is -1.13. The molecule has 8 amide bonds. The van der Waals surface area contributed by atoms with E-state index in [2.05, 4.69) is 119 Å². The Hall–Kier alpha value is -12.6. The van der Waals surface area contributed by atoms with Crippen LogP contribution in [0.25, 0.3) is 108 Å². The van der Waals surface area contributed by atoms with Gasteiger partial charge < -0.3 is 66.3 Å². The lowest BCUT2D eigenvalue weighted by molar-refractivity contribution is 0.0341. The van der Waals surface area contributed by atoms with Crippen LogP contribution in [0.15, 0.2) is 129 Å². The van der Waals surface area contributed by atoms with E-state index in [1.165, 1.54) is 57.2 Å². The Kier molecular flexibility index (Phi) is 31.9. The summed E-state index contributed by atoms with van der Waals surface area (Å²) in [7, 11) is 5.61. The zero-order valence-electron chi connectivity index (χ0n) is 77.5. The molecule has 4 aromatic carbocycles. The van der Waals surface area contributed by atoms with Crippen LogP contribution in [-0.4, -0.2) is 227 Å². The number of anilines is 4. The third kappa shape index (κ3) is 25.1. The second kappa shape index (κ2) is 43.2. The molecule has 704 valence electrons. The van der Waals surface area contributed by atoms with E-state index in [0.29, 0.717) is 124 Å². The fourth-order valence-electron chi connectivity index (χ4n) is 14.6. The van der Waals surface area contributed by atoms with Crippen molar-refractivity contribution in [2.75, 3.05) is 108 Å². The Morgan fingerprint density at radius 1 is 0.455 bits per heavy atom. The summed E-state index contributed by atoms with van der Waals surface area (Å²) in [5, 5.41) is 87.0. The van der Waals surface area contributed by atoms with Gasteiger partial charge in [0.05, 0.1) is 83.0 Å². The van der Waals surface area contributed by atoms with Gasteiger partial charge in [-0.1, -0.05) is 57.5 Å². The third-order valence-electron chi connectivity index (χ3n) is 21.3. The first kappa shape index (κ1) is 98.9. The van der Waals surface area contributed by atoms with Crippen molar-refractivity contribution in [2.45, 2.75) is 145 Å². The van der Waals surface area contributed by atoms with Crippen LogP contribution in [0.3, 0.4) is 0 Å². The van der Waals surface area contributed by atoms with Crippen LogP contribution < -0.4 is 42.5 Å². The Bertz CT molecular complexity index is 6490. The quantitative estimate of drug-likeness (QED) is 0.0253. The maximum absolute atomic E-state index is 12.2. The lowest BCUT2D eigenvalue weighted by atomic mass is 9.99. The van der Waals surface area contributed by atoms with Gasteiger partial charge in [-0.25, -0.2) is 69.0 Å². The predicted octanol–water partition coefficient (Wildman–Crippen LogP) is 15.1. The molecule has 12 heterocycles. The maximum atomic E-state index is 12.2. The number of rotatable bonds is 25. The molecule has 0 saturated carbocycles. The van der Waals surface area contributed by atoms with Crippen molar-refractivity contribution in [3.8, 4) is 78.5 Å². The summed E-state index contributed by atoms with van der Waals surface area (Å²) in [6.07, 6.45) is 14.7. The van der Waals surface area contributed by atoms with Gasteiger partial charge in [0.15, 0.2) is 32.2 Å². The molecule has 2 aliphatic heterocycles. The highest BCUT2D eigenvalue weighted by molar-refractivity contribution is 7.24. The molecule has 2 aliphatic rings. The first-order valence-corrected chi connectivity index (χ1v) is 46.9. The van der Waals surface area contributed by atoms with Gasteiger partial charge in [-0.2, -0.15) is 0 Å². The van der Waals surface area contributed by atoms with E-state index >= 15 is 0 Å². The number of likely N-dealkylation sites (tertiary alicyclic amines) is 1. The number of fused-ring (bicyclic) bond motifs is 4. The fraction of sp³-hybridized carbons (Fsp3) is 0.372. The number of nitrogens with one attached hydrogen (secondary N) is 8. The molecular formula is C94H112N24O12S4. The van der Waals surface area contributed by atoms with E-state index in [0.717, 1.165) is 136 Å². The molecule has 0 radical (unpaired) electrons. The number of aliphatic hydroxyl groups is 4. The summed E-state index contributed by atoms with van der Waals surface area (Å²) >= 11 is 5.46. The van der Waals surface area contributed by atoms with Gasteiger partial charge >= 0.3 is 24.1 Å². The van der Waals surface area contributed by atoms with E-state index in [-0.39, 0.29) is 41.7 Å². The fourth-order valence-corrected chi connectivity index (χ4v) is 18.5. The smallest absolute Gasteiger partial charge is 0.321 e. The number of hydrogen-bond acceptors (Lipinski definition) is 32. The first-order valence-electron chi connectivity index (χ1n) is 43.7. The Morgan fingerprint density at radius 2 is 0.866 bits per heavy atom. The number of amides is 8. The molecular weight excluding hydrogens is 1790 g/mol. The normalized spacial score (nSPS) is 13.8. The molecule has 14 aromatic rings. The number of methoxy groups -OCH3 is 1. The molecule has 40 heteroatoms. The van der Waals surface area contributed by atoms with Crippen LogP contribution in [0, 0.1) is 6.92 Å². The number of phenolic OH excluding ortho intramolecular Hbond substituents is 2. The summed E-state index contributed by atoms with van der Waals surface area (Å²) in [6.45, 7) is 31.3. The molecule has 14 N–H and O–H groups in total.